The fraction of sp³-hybridized carbons (Fsp3) is 0.727. The van der Waals surface area contributed by atoms with E-state index in [1.807, 2.05) is 13.8 Å². The van der Waals surface area contributed by atoms with Gasteiger partial charge in [0.25, 0.3) is 0 Å². The fourth-order valence-corrected chi connectivity index (χ4v) is 1.50. The summed E-state index contributed by atoms with van der Waals surface area (Å²) in [5, 5.41) is 6.13. The molecule has 0 fully saturated rings. The maximum absolute atomic E-state index is 11.4. The summed E-state index contributed by atoms with van der Waals surface area (Å²) in [4.78, 5) is 11.4. The van der Waals surface area contributed by atoms with Crippen LogP contribution in [0.25, 0.3) is 0 Å². The summed E-state index contributed by atoms with van der Waals surface area (Å²) < 4.78 is 0. The van der Waals surface area contributed by atoms with Gasteiger partial charge in [0.1, 0.15) is 0 Å². The molecule has 0 aromatic heterocycles. The average Bonchev–Trinajstić information content (AvgIpc) is 2.16. The summed E-state index contributed by atoms with van der Waals surface area (Å²) in [6, 6.07) is 0.716. The first-order valence-electron chi connectivity index (χ1n) is 5.36. The summed E-state index contributed by atoms with van der Waals surface area (Å²) in [6.07, 6.45) is 7.46. The van der Waals surface area contributed by atoms with E-state index in [9.17, 15) is 4.79 Å². The molecule has 1 aliphatic carbocycles. The Morgan fingerprint density at radius 1 is 1.50 bits per heavy atom. The third-order valence-electron chi connectivity index (χ3n) is 2.31. The molecule has 0 aliphatic heterocycles. The minimum absolute atomic E-state index is 0.110. The molecule has 0 radical (unpaired) electrons. The van der Waals surface area contributed by atoms with Crippen LogP contribution in [-0.2, 0) is 4.79 Å². The highest BCUT2D eigenvalue weighted by Gasteiger charge is 2.12. The second-order valence-corrected chi connectivity index (χ2v) is 4.08. The molecule has 0 bridgehead atoms. The van der Waals surface area contributed by atoms with Gasteiger partial charge in [-0.3, -0.25) is 4.79 Å². The van der Waals surface area contributed by atoms with Gasteiger partial charge in [-0.05, 0) is 19.3 Å². The van der Waals surface area contributed by atoms with Crippen molar-refractivity contribution in [3.63, 3.8) is 0 Å². The quantitative estimate of drug-likeness (QED) is 0.664. The topological polar surface area (TPSA) is 41.1 Å². The summed E-state index contributed by atoms with van der Waals surface area (Å²) in [5.41, 5.74) is 0. The standard InChI is InChI=1S/C11H20N2O/c1-9(2)12-8-11(14)13-10-6-4-3-5-7-10/h3-4,9-10,12H,5-8H2,1-2H3,(H,13,14). The van der Waals surface area contributed by atoms with Gasteiger partial charge in [0.05, 0.1) is 6.54 Å². The van der Waals surface area contributed by atoms with Gasteiger partial charge < -0.3 is 10.6 Å². The van der Waals surface area contributed by atoms with Crippen LogP contribution in [0.1, 0.15) is 33.1 Å². The van der Waals surface area contributed by atoms with Gasteiger partial charge >= 0.3 is 0 Å². The molecule has 80 valence electrons. The first kappa shape index (κ1) is 11.2. The maximum atomic E-state index is 11.4. The van der Waals surface area contributed by atoms with Gasteiger partial charge in [-0.2, -0.15) is 0 Å². The van der Waals surface area contributed by atoms with E-state index in [1.54, 1.807) is 0 Å². The highest BCUT2D eigenvalue weighted by atomic mass is 16.1. The minimum atomic E-state index is 0.110. The van der Waals surface area contributed by atoms with Gasteiger partial charge in [-0.25, -0.2) is 0 Å². The molecule has 3 nitrogen and oxygen atoms in total. The van der Waals surface area contributed by atoms with Crippen LogP contribution < -0.4 is 10.6 Å². The Morgan fingerprint density at radius 3 is 2.86 bits per heavy atom. The summed E-state index contributed by atoms with van der Waals surface area (Å²) in [5.74, 6) is 0.110. The lowest BCUT2D eigenvalue weighted by Crippen LogP contribution is -2.42. The van der Waals surface area contributed by atoms with E-state index in [0.29, 0.717) is 18.6 Å². The zero-order valence-corrected chi connectivity index (χ0v) is 9.05. The molecule has 2 N–H and O–H groups in total. The molecule has 0 aromatic rings. The van der Waals surface area contributed by atoms with Gasteiger partial charge in [-0.1, -0.05) is 26.0 Å². The number of amides is 1. The average molecular weight is 196 g/mol. The number of carbonyl (C=O) groups excluding carboxylic acids is 1. The molecule has 1 atom stereocenters. The predicted octanol–water partition coefficient (Wildman–Crippen LogP) is 1.21. The second-order valence-electron chi connectivity index (χ2n) is 4.08. The van der Waals surface area contributed by atoms with Crippen molar-refractivity contribution in [3.05, 3.63) is 12.2 Å². The van der Waals surface area contributed by atoms with Gasteiger partial charge in [0.2, 0.25) is 5.91 Å². The third kappa shape index (κ3) is 4.42. The van der Waals surface area contributed by atoms with Crippen LogP contribution in [0.2, 0.25) is 0 Å². The van der Waals surface area contributed by atoms with Crippen LogP contribution in [0.3, 0.4) is 0 Å². The Labute approximate surface area is 86.0 Å². The molecule has 1 amide bonds. The first-order valence-corrected chi connectivity index (χ1v) is 5.36. The van der Waals surface area contributed by atoms with Crippen molar-refractivity contribution >= 4 is 5.91 Å². The van der Waals surface area contributed by atoms with Gasteiger partial charge in [-0.15, -0.1) is 0 Å². The van der Waals surface area contributed by atoms with Gasteiger partial charge in [0, 0.05) is 12.1 Å². The van der Waals surface area contributed by atoms with E-state index < -0.39 is 0 Å². The molecule has 3 heteroatoms. The number of carbonyl (C=O) groups is 1. The van der Waals surface area contributed by atoms with Crippen LogP contribution in [-0.4, -0.2) is 24.5 Å². The van der Waals surface area contributed by atoms with Gasteiger partial charge in [0.15, 0.2) is 0 Å². The number of hydrogen-bond donors (Lipinski definition) is 2. The second kappa shape index (κ2) is 5.81. The van der Waals surface area contributed by atoms with Crippen LogP contribution in [0.15, 0.2) is 12.2 Å². The van der Waals surface area contributed by atoms with Crippen molar-refractivity contribution in [2.75, 3.05) is 6.54 Å². The van der Waals surface area contributed by atoms with Crippen molar-refractivity contribution in [2.45, 2.75) is 45.2 Å². The Morgan fingerprint density at radius 2 is 2.29 bits per heavy atom. The zero-order valence-electron chi connectivity index (χ0n) is 9.05. The highest BCUT2D eigenvalue weighted by molar-refractivity contribution is 5.78. The molecule has 0 saturated carbocycles. The molecule has 0 saturated heterocycles. The summed E-state index contributed by atoms with van der Waals surface area (Å²) in [7, 11) is 0. The van der Waals surface area contributed by atoms with Crippen molar-refractivity contribution in [3.8, 4) is 0 Å². The largest absolute Gasteiger partial charge is 0.352 e. The molecule has 0 aromatic carbocycles. The minimum Gasteiger partial charge on any atom is -0.352 e. The highest BCUT2D eigenvalue weighted by Crippen LogP contribution is 2.09. The van der Waals surface area contributed by atoms with E-state index in [0.717, 1.165) is 19.3 Å². The van der Waals surface area contributed by atoms with Crippen LogP contribution in [0, 0.1) is 0 Å². The number of nitrogens with one attached hydrogen (secondary N) is 2. The van der Waals surface area contributed by atoms with Crippen LogP contribution >= 0.6 is 0 Å². The van der Waals surface area contributed by atoms with E-state index >= 15 is 0 Å². The lowest BCUT2D eigenvalue weighted by atomic mass is 10.0. The van der Waals surface area contributed by atoms with E-state index in [4.69, 9.17) is 0 Å². The van der Waals surface area contributed by atoms with Crippen molar-refractivity contribution in [1.82, 2.24) is 10.6 Å². The normalized spacial score (nSPS) is 21.2. The van der Waals surface area contributed by atoms with E-state index in [-0.39, 0.29) is 5.91 Å². The number of allylic oxidation sites excluding steroid dienone is 1. The maximum Gasteiger partial charge on any atom is 0.234 e. The Balaban J connectivity index is 2.16. The summed E-state index contributed by atoms with van der Waals surface area (Å²) >= 11 is 0. The Bertz CT molecular complexity index is 211. The Kier molecular flexibility index (Phi) is 4.66. The molecule has 14 heavy (non-hydrogen) atoms. The van der Waals surface area contributed by atoms with E-state index in [1.165, 1.54) is 0 Å². The SMILES string of the molecule is CC(C)NCC(=O)NC1CC=CCC1. The lowest BCUT2D eigenvalue weighted by Gasteiger charge is -2.19. The van der Waals surface area contributed by atoms with Crippen molar-refractivity contribution in [2.24, 2.45) is 0 Å². The van der Waals surface area contributed by atoms with Crippen molar-refractivity contribution in [1.29, 1.82) is 0 Å². The number of hydrogen-bond acceptors (Lipinski definition) is 2. The number of rotatable bonds is 4. The monoisotopic (exact) mass is 196 g/mol. The molecular weight excluding hydrogens is 176 g/mol. The zero-order chi connectivity index (χ0) is 10.4. The molecule has 1 aliphatic rings. The summed E-state index contributed by atoms with van der Waals surface area (Å²) in [6.45, 7) is 4.51. The molecule has 0 spiro atoms. The fourth-order valence-electron chi connectivity index (χ4n) is 1.50. The van der Waals surface area contributed by atoms with E-state index in [2.05, 4.69) is 22.8 Å². The molecule has 1 unspecified atom stereocenters. The smallest absolute Gasteiger partial charge is 0.234 e. The van der Waals surface area contributed by atoms with Crippen LogP contribution in [0.4, 0.5) is 0 Å². The van der Waals surface area contributed by atoms with Crippen LogP contribution in [0.5, 0.6) is 0 Å². The molecular formula is C11H20N2O. The molecule has 0 heterocycles. The third-order valence-corrected chi connectivity index (χ3v) is 2.31. The Hall–Kier alpha value is -0.830. The first-order chi connectivity index (χ1) is 6.68. The molecule has 1 rings (SSSR count). The predicted molar refractivity (Wildman–Crippen MR) is 58.1 cm³/mol. The lowest BCUT2D eigenvalue weighted by molar-refractivity contribution is -0.121. The van der Waals surface area contributed by atoms with Crippen molar-refractivity contribution < 1.29 is 4.79 Å².